The van der Waals surface area contributed by atoms with Crippen LogP contribution in [0, 0.1) is 12.7 Å². The first kappa shape index (κ1) is 12.5. The molecule has 0 bridgehead atoms. The Morgan fingerprint density at radius 1 is 1.47 bits per heavy atom. The molecule has 0 amide bonds. The number of hydrogen-bond acceptors (Lipinski definition) is 5. The Hall–Kier alpha value is -0.980. The molecule has 1 N–H and O–H groups in total. The highest BCUT2D eigenvalue weighted by atomic mass is 32.2. The molecule has 1 aromatic heterocycles. The van der Waals surface area contributed by atoms with Crippen molar-refractivity contribution in [1.29, 1.82) is 0 Å². The average Bonchev–Trinajstić information content (AvgIpc) is 2.75. The molecule has 0 saturated carbocycles. The minimum absolute atomic E-state index is 0.303. The van der Waals surface area contributed by atoms with Gasteiger partial charge in [0, 0.05) is 4.90 Å². The minimum Gasteiger partial charge on any atom is -0.389 e. The molecule has 0 aliphatic rings. The second-order valence-electron chi connectivity index (χ2n) is 3.62. The summed E-state index contributed by atoms with van der Waals surface area (Å²) >= 11 is 2.67. The summed E-state index contributed by atoms with van der Waals surface area (Å²) in [5, 5.41) is 9.64. The highest BCUT2D eigenvalue weighted by Crippen LogP contribution is 2.35. The molecule has 90 valence electrons. The normalized spacial score (nSPS) is 12.7. The molecule has 0 spiro atoms. The van der Waals surface area contributed by atoms with Gasteiger partial charge in [-0.1, -0.05) is 11.8 Å². The van der Waals surface area contributed by atoms with Crippen LogP contribution >= 0.6 is 23.3 Å². The number of aryl methyl sites for hydroxylation is 1. The molecule has 0 saturated heterocycles. The molecule has 2 aromatic rings. The largest absolute Gasteiger partial charge is 0.389 e. The van der Waals surface area contributed by atoms with Crippen molar-refractivity contribution in [3.05, 3.63) is 35.4 Å². The van der Waals surface area contributed by atoms with Gasteiger partial charge in [-0.2, -0.15) is 4.37 Å². The van der Waals surface area contributed by atoms with Crippen molar-refractivity contribution in [1.82, 2.24) is 9.36 Å². The van der Waals surface area contributed by atoms with E-state index >= 15 is 0 Å². The Morgan fingerprint density at radius 3 is 2.82 bits per heavy atom. The maximum atomic E-state index is 13.5. The van der Waals surface area contributed by atoms with Crippen molar-refractivity contribution < 1.29 is 9.50 Å². The Balaban J connectivity index is 2.41. The number of hydrogen-bond donors (Lipinski definition) is 1. The zero-order chi connectivity index (χ0) is 12.4. The lowest BCUT2D eigenvalue weighted by molar-refractivity contribution is 0.196. The van der Waals surface area contributed by atoms with Gasteiger partial charge in [0.1, 0.15) is 12.1 Å². The molecule has 17 heavy (non-hydrogen) atoms. The molecule has 1 aromatic carbocycles. The quantitative estimate of drug-likeness (QED) is 0.930. The van der Waals surface area contributed by atoms with E-state index in [1.54, 1.807) is 19.9 Å². The van der Waals surface area contributed by atoms with E-state index < -0.39 is 6.10 Å². The van der Waals surface area contributed by atoms with Gasteiger partial charge in [0.15, 0.2) is 4.34 Å². The summed E-state index contributed by atoms with van der Waals surface area (Å²) in [5.74, 6) is -0.303. The first-order valence-electron chi connectivity index (χ1n) is 5.00. The Bertz CT molecular complexity index is 514. The van der Waals surface area contributed by atoms with Crippen LogP contribution in [0.15, 0.2) is 27.7 Å². The van der Waals surface area contributed by atoms with E-state index in [0.29, 0.717) is 11.1 Å². The lowest BCUT2D eigenvalue weighted by atomic mass is 10.1. The second kappa shape index (κ2) is 5.12. The fourth-order valence-corrected chi connectivity index (χ4v) is 3.08. The van der Waals surface area contributed by atoms with Crippen LogP contribution in [0.2, 0.25) is 0 Å². The second-order valence-corrected chi connectivity index (χ2v) is 5.69. The molecular formula is C11H11FN2OS2. The summed E-state index contributed by atoms with van der Waals surface area (Å²) in [6.45, 7) is 3.32. The highest BCUT2D eigenvalue weighted by molar-refractivity contribution is 8.01. The van der Waals surface area contributed by atoms with Crippen molar-refractivity contribution >= 4 is 23.3 Å². The summed E-state index contributed by atoms with van der Waals surface area (Å²) in [6.07, 6.45) is 0.770. The van der Waals surface area contributed by atoms with Crippen molar-refractivity contribution in [3.8, 4) is 0 Å². The van der Waals surface area contributed by atoms with E-state index in [0.717, 1.165) is 9.24 Å². The summed E-state index contributed by atoms with van der Waals surface area (Å²) in [7, 11) is 0. The number of rotatable bonds is 3. The van der Waals surface area contributed by atoms with E-state index in [2.05, 4.69) is 9.36 Å². The molecular weight excluding hydrogens is 259 g/mol. The SMILES string of the molecule is Cc1cc(Sc2ncns2)c(C(C)O)cc1F. The van der Waals surface area contributed by atoms with Crippen molar-refractivity contribution in [2.45, 2.75) is 29.2 Å². The lowest BCUT2D eigenvalue weighted by Crippen LogP contribution is -1.97. The lowest BCUT2D eigenvalue weighted by Gasteiger charge is -2.12. The topological polar surface area (TPSA) is 46.0 Å². The van der Waals surface area contributed by atoms with Crippen molar-refractivity contribution in [2.75, 3.05) is 0 Å². The number of benzene rings is 1. The number of aromatic nitrogens is 2. The first-order valence-corrected chi connectivity index (χ1v) is 6.59. The van der Waals surface area contributed by atoms with Gasteiger partial charge < -0.3 is 5.11 Å². The maximum Gasteiger partial charge on any atom is 0.174 e. The van der Waals surface area contributed by atoms with Crippen LogP contribution in [0.3, 0.4) is 0 Å². The number of halogens is 1. The first-order chi connectivity index (χ1) is 8.08. The monoisotopic (exact) mass is 270 g/mol. The molecule has 0 aliphatic carbocycles. The Morgan fingerprint density at radius 2 is 2.24 bits per heavy atom. The van der Waals surface area contributed by atoms with Crippen LogP contribution in [0.5, 0.6) is 0 Å². The van der Waals surface area contributed by atoms with Crippen LogP contribution in [-0.2, 0) is 0 Å². The molecule has 0 radical (unpaired) electrons. The van der Waals surface area contributed by atoms with Gasteiger partial charge in [0.2, 0.25) is 0 Å². The molecule has 2 rings (SSSR count). The van der Waals surface area contributed by atoms with Gasteiger partial charge in [0.05, 0.1) is 6.10 Å². The van der Waals surface area contributed by atoms with Gasteiger partial charge in [-0.05, 0) is 48.6 Å². The summed E-state index contributed by atoms with van der Waals surface area (Å²) in [5.41, 5.74) is 1.13. The maximum absolute atomic E-state index is 13.5. The van der Waals surface area contributed by atoms with Crippen molar-refractivity contribution in [2.24, 2.45) is 0 Å². The molecule has 0 aliphatic heterocycles. The van der Waals surface area contributed by atoms with E-state index in [-0.39, 0.29) is 5.82 Å². The summed E-state index contributed by atoms with van der Waals surface area (Å²) in [6, 6.07) is 3.10. The minimum atomic E-state index is -0.708. The van der Waals surface area contributed by atoms with Crippen LogP contribution in [0.25, 0.3) is 0 Å². The van der Waals surface area contributed by atoms with E-state index in [4.69, 9.17) is 0 Å². The fraction of sp³-hybridized carbons (Fsp3) is 0.273. The fourth-order valence-electron chi connectivity index (χ4n) is 1.39. The number of nitrogens with zero attached hydrogens (tertiary/aromatic N) is 2. The highest BCUT2D eigenvalue weighted by Gasteiger charge is 2.14. The van der Waals surface area contributed by atoms with Crippen LogP contribution < -0.4 is 0 Å². The smallest absolute Gasteiger partial charge is 0.174 e. The van der Waals surface area contributed by atoms with E-state index in [1.165, 1.54) is 35.7 Å². The van der Waals surface area contributed by atoms with Gasteiger partial charge in [-0.3, -0.25) is 0 Å². The summed E-state index contributed by atoms with van der Waals surface area (Å²) in [4.78, 5) is 4.87. The average molecular weight is 270 g/mol. The van der Waals surface area contributed by atoms with Gasteiger partial charge in [-0.15, -0.1) is 0 Å². The third-order valence-corrected chi connectivity index (χ3v) is 4.07. The van der Waals surface area contributed by atoms with Crippen molar-refractivity contribution in [3.63, 3.8) is 0 Å². The summed E-state index contributed by atoms with van der Waals surface area (Å²) < 4.78 is 18.1. The van der Waals surface area contributed by atoms with Gasteiger partial charge in [0.25, 0.3) is 0 Å². The van der Waals surface area contributed by atoms with Crippen LogP contribution in [0.1, 0.15) is 24.2 Å². The zero-order valence-electron chi connectivity index (χ0n) is 9.35. The Labute approximate surface area is 107 Å². The van der Waals surface area contributed by atoms with E-state index in [9.17, 15) is 9.50 Å². The molecule has 3 nitrogen and oxygen atoms in total. The predicted molar refractivity (Wildman–Crippen MR) is 65.8 cm³/mol. The molecule has 0 fully saturated rings. The van der Waals surface area contributed by atoms with Gasteiger partial charge >= 0.3 is 0 Å². The van der Waals surface area contributed by atoms with Crippen LogP contribution in [0.4, 0.5) is 4.39 Å². The van der Waals surface area contributed by atoms with Gasteiger partial charge in [-0.25, -0.2) is 9.37 Å². The zero-order valence-corrected chi connectivity index (χ0v) is 11.0. The number of aliphatic hydroxyl groups excluding tert-OH is 1. The third kappa shape index (κ3) is 2.83. The van der Waals surface area contributed by atoms with Crippen LogP contribution in [-0.4, -0.2) is 14.5 Å². The third-order valence-electron chi connectivity index (χ3n) is 2.28. The molecule has 6 heteroatoms. The number of aliphatic hydroxyl groups is 1. The molecule has 1 atom stereocenters. The Kier molecular flexibility index (Phi) is 3.76. The predicted octanol–water partition coefficient (Wildman–Crippen LogP) is 3.19. The standard InChI is InChI=1S/C11H11FN2OS2/c1-6-3-10(16-11-13-5-14-17-11)8(7(2)15)4-9(6)12/h3-5,7,15H,1-2H3. The molecule has 1 unspecified atom stereocenters. The van der Waals surface area contributed by atoms with E-state index in [1.807, 2.05) is 0 Å². The molecule has 1 heterocycles.